The Labute approximate surface area is 127 Å². The van der Waals surface area contributed by atoms with Crippen LogP contribution in [0.5, 0.6) is 0 Å². The molecule has 7 nitrogen and oxygen atoms in total. The SMILES string of the molecule is CC(C)C(CN(C)C)NS(=O)(=O)N1CCC(C(=O)O)CC1. The lowest BCUT2D eigenvalue weighted by Crippen LogP contribution is -2.52. The van der Waals surface area contributed by atoms with Crippen molar-refractivity contribution in [1.29, 1.82) is 0 Å². The number of nitrogens with one attached hydrogen (secondary N) is 1. The number of rotatable bonds is 7. The van der Waals surface area contributed by atoms with Crippen LogP contribution in [0.2, 0.25) is 0 Å². The molecule has 2 N–H and O–H groups in total. The van der Waals surface area contributed by atoms with Crippen LogP contribution in [0.1, 0.15) is 26.7 Å². The standard InChI is InChI=1S/C13H27N3O4S/c1-10(2)12(9-15(3)4)14-21(19,20)16-7-5-11(6-8-16)13(17)18/h10-12,14H,5-9H2,1-4H3,(H,17,18). The van der Waals surface area contributed by atoms with E-state index in [1.54, 1.807) is 0 Å². The monoisotopic (exact) mass is 321 g/mol. The van der Waals surface area contributed by atoms with Gasteiger partial charge in [0.15, 0.2) is 0 Å². The minimum Gasteiger partial charge on any atom is -0.481 e. The Bertz CT molecular complexity index is 442. The zero-order valence-electron chi connectivity index (χ0n) is 13.2. The van der Waals surface area contributed by atoms with Crippen molar-refractivity contribution in [2.75, 3.05) is 33.7 Å². The fraction of sp³-hybridized carbons (Fsp3) is 0.923. The van der Waals surface area contributed by atoms with Crippen molar-refractivity contribution in [2.45, 2.75) is 32.7 Å². The molecule has 0 aromatic rings. The molecule has 1 rings (SSSR count). The van der Waals surface area contributed by atoms with E-state index < -0.39 is 22.1 Å². The Balaban J connectivity index is 2.66. The van der Waals surface area contributed by atoms with Crippen LogP contribution in [0.15, 0.2) is 0 Å². The van der Waals surface area contributed by atoms with Gasteiger partial charge < -0.3 is 10.0 Å². The fourth-order valence-electron chi connectivity index (χ4n) is 2.39. The topological polar surface area (TPSA) is 90.0 Å². The maximum absolute atomic E-state index is 12.4. The molecule has 0 saturated carbocycles. The molecule has 21 heavy (non-hydrogen) atoms. The smallest absolute Gasteiger partial charge is 0.306 e. The molecule has 1 heterocycles. The summed E-state index contributed by atoms with van der Waals surface area (Å²) < 4.78 is 28.9. The number of nitrogens with zero attached hydrogens (tertiary/aromatic N) is 2. The van der Waals surface area contributed by atoms with Crippen LogP contribution in [-0.4, -0.2) is 68.5 Å². The summed E-state index contributed by atoms with van der Waals surface area (Å²) in [7, 11) is 0.251. The second kappa shape index (κ2) is 7.53. The highest BCUT2D eigenvalue weighted by Gasteiger charge is 2.32. The van der Waals surface area contributed by atoms with Crippen LogP contribution in [0.3, 0.4) is 0 Å². The highest BCUT2D eigenvalue weighted by Crippen LogP contribution is 2.19. The molecule has 1 unspecified atom stereocenters. The minimum atomic E-state index is -3.56. The van der Waals surface area contributed by atoms with Crippen molar-refractivity contribution in [1.82, 2.24) is 13.9 Å². The maximum Gasteiger partial charge on any atom is 0.306 e. The number of likely N-dealkylation sites (N-methyl/N-ethyl adjacent to an activating group) is 1. The van der Waals surface area contributed by atoms with Gasteiger partial charge in [-0.05, 0) is 32.9 Å². The molecule has 1 atom stereocenters. The number of aliphatic carboxylic acids is 1. The molecule has 1 aliphatic heterocycles. The Morgan fingerprint density at radius 1 is 1.33 bits per heavy atom. The molecule has 0 aromatic heterocycles. The van der Waals surface area contributed by atoms with Crippen LogP contribution in [0.4, 0.5) is 0 Å². The van der Waals surface area contributed by atoms with Gasteiger partial charge >= 0.3 is 5.97 Å². The van der Waals surface area contributed by atoms with Crippen molar-refractivity contribution < 1.29 is 18.3 Å². The van der Waals surface area contributed by atoms with E-state index in [2.05, 4.69) is 4.72 Å². The van der Waals surface area contributed by atoms with Crippen LogP contribution in [0, 0.1) is 11.8 Å². The normalized spacial score (nSPS) is 20.1. The molecule has 8 heteroatoms. The number of hydrogen-bond donors (Lipinski definition) is 2. The van der Waals surface area contributed by atoms with Crippen LogP contribution < -0.4 is 4.72 Å². The summed E-state index contributed by atoms with van der Waals surface area (Å²) in [6.07, 6.45) is 0.743. The van der Waals surface area contributed by atoms with Crippen LogP contribution >= 0.6 is 0 Å². The van der Waals surface area contributed by atoms with E-state index in [0.717, 1.165) is 0 Å². The summed E-state index contributed by atoms with van der Waals surface area (Å²) in [6, 6.07) is -0.165. The van der Waals surface area contributed by atoms with Gasteiger partial charge in [-0.2, -0.15) is 17.4 Å². The van der Waals surface area contributed by atoms with Gasteiger partial charge in [0.25, 0.3) is 10.2 Å². The minimum absolute atomic E-state index is 0.165. The Kier molecular flexibility index (Phi) is 6.58. The van der Waals surface area contributed by atoms with Gasteiger partial charge in [-0.15, -0.1) is 0 Å². The third-order valence-electron chi connectivity index (χ3n) is 3.81. The molecule has 0 bridgehead atoms. The molecule has 0 aliphatic carbocycles. The van der Waals surface area contributed by atoms with E-state index in [1.807, 2.05) is 32.8 Å². The van der Waals surface area contributed by atoms with Crippen molar-refractivity contribution >= 4 is 16.2 Å². The molecule has 0 radical (unpaired) electrons. The summed E-state index contributed by atoms with van der Waals surface area (Å²) in [4.78, 5) is 12.9. The first-order valence-electron chi connectivity index (χ1n) is 7.28. The Morgan fingerprint density at radius 3 is 2.24 bits per heavy atom. The van der Waals surface area contributed by atoms with E-state index in [-0.39, 0.29) is 25.0 Å². The van der Waals surface area contributed by atoms with E-state index in [4.69, 9.17) is 5.11 Å². The first-order chi connectivity index (χ1) is 9.63. The van der Waals surface area contributed by atoms with Gasteiger partial charge in [-0.3, -0.25) is 4.79 Å². The molecular weight excluding hydrogens is 294 g/mol. The highest BCUT2D eigenvalue weighted by atomic mass is 32.2. The molecular formula is C13H27N3O4S. The number of carboxylic acid groups (broad SMARTS) is 1. The van der Waals surface area contributed by atoms with Crippen molar-refractivity contribution in [3.8, 4) is 0 Å². The Morgan fingerprint density at radius 2 is 1.86 bits per heavy atom. The maximum atomic E-state index is 12.4. The molecule has 1 fully saturated rings. The molecule has 0 aromatic carbocycles. The quantitative estimate of drug-likeness (QED) is 0.699. The number of carboxylic acids is 1. The van der Waals surface area contributed by atoms with Crippen LogP contribution in [-0.2, 0) is 15.0 Å². The van der Waals surface area contributed by atoms with Gasteiger partial charge in [0.1, 0.15) is 0 Å². The lowest BCUT2D eigenvalue weighted by Gasteiger charge is -2.32. The summed E-state index contributed by atoms with van der Waals surface area (Å²) in [6.45, 7) is 5.11. The summed E-state index contributed by atoms with van der Waals surface area (Å²) in [5.41, 5.74) is 0. The largest absolute Gasteiger partial charge is 0.481 e. The molecule has 1 aliphatic rings. The molecule has 1 saturated heterocycles. The number of carbonyl (C=O) groups is 1. The molecule has 124 valence electrons. The lowest BCUT2D eigenvalue weighted by molar-refractivity contribution is -0.142. The van der Waals surface area contributed by atoms with Crippen molar-refractivity contribution in [3.63, 3.8) is 0 Å². The van der Waals surface area contributed by atoms with Crippen molar-refractivity contribution in [3.05, 3.63) is 0 Å². The van der Waals surface area contributed by atoms with E-state index >= 15 is 0 Å². The number of piperidine rings is 1. The number of hydrogen-bond acceptors (Lipinski definition) is 4. The van der Waals surface area contributed by atoms with Gasteiger partial charge in [0.05, 0.1) is 5.92 Å². The zero-order valence-corrected chi connectivity index (χ0v) is 14.1. The molecule has 0 spiro atoms. The third-order valence-corrected chi connectivity index (χ3v) is 5.46. The molecule has 0 amide bonds. The van der Waals surface area contributed by atoms with Crippen molar-refractivity contribution in [2.24, 2.45) is 11.8 Å². The average Bonchev–Trinajstić information content (AvgIpc) is 2.37. The zero-order chi connectivity index (χ0) is 16.2. The van der Waals surface area contributed by atoms with Gasteiger partial charge in [-0.25, -0.2) is 0 Å². The van der Waals surface area contributed by atoms with E-state index in [9.17, 15) is 13.2 Å². The van der Waals surface area contributed by atoms with Crippen LogP contribution in [0.25, 0.3) is 0 Å². The third kappa shape index (κ3) is 5.54. The second-order valence-corrected chi connectivity index (χ2v) is 7.95. The first kappa shape index (κ1) is 18.3. The lowest BCUT2D eigenvalue weighted by atomic mass is 9.99. The van der Waals surface area contributed by atoms with Gasteiger partial charge in [0, 0.05) is 25.7 Å². The predicted molar refractivity (Wildman–Crippen MR) is 81.2 cm³/mol. The Hall–Kier alpha value is -0.700. The second-order valence-electron chi connectivity index (χ2n) is 6.25. The first-order valence-corrected chi connectivity index (χ1v) is 8.72. The van der Waals surface area contributed by atoms with Gasteiger partial charge in [0.2, 0.25) is 0 Å². The predicted octanol–water partition coefficient (Wildman–Crippen LogP) is 0.204. The average molecular weight is 321 g/mol. The van der Waals surface area contributed by atoms with Gasteiger partial charge in [-0.1, -0.05) is 13.8 Å². The van der Waals surface area contributed by atoms with E-state index in [1.165, 1.54) is 4.31 Å². The summed E-state index contributed by atoms with van der Waals surface area (Å²) >= 11 is 0. The highest BCUT2D eigenvalue weighted by molar-refractivity contribution is 7.87. The summed E-state index contributed by atoms with van der Waals surface area (Å²) in [5.74, 6) is -1.09. The fourth-order valence-corrected chi connectivity index (χ4v) is 3.96. The van der Waals surface area contributed by atoms with E-state index in [0.29, 0.717) is 19.4 Å². The summed E-state index contributed by atoms with van der Waals surface area (Å²) in [5, 5.41) is 8.96.